The Morgan fingerprint density at radius 1 is 1.35 bits per heavy atom. The fourth-order valence-corrected chi connectivity index (χ4v) is 3.82. The fourth-order valence-electron chi connectivity index (χ4n) is 3.53. The van der Waals surface area contributed by atoms with Crippen molar-refractivity contribution < 1.29 is 13.6 Å². The van der Waals surface area contributed by atoms with Crippen molar-refractivity contribution in [3.05, 3.63) is 35.6 Å². The van der Waals surface area contributed by atoms with E-state index in [4.69, 9.17) is 11.6 Å². The number of hydrogen-bond donors (Lipinski definition) is 3. The molecule has 4 aromatic rings. The van der Waals surface area contributed by atoms with Crippen LogP contribution in [0.5, 0.6) is 0 Å². The number of aromatic nitrogens is 5. The number of carbonyl (C=O) groups excluding carboxylic acids is 1. The lowest BCUT2D eigenvalue weighted by molar-refractivity contribution is -0.117. The minimum Gasteiger partial charge on any atom is -0.379 e. The largest absolute Gasteiger partial charge is 0.379 e. The Bertz CT molecular complexity index is 1330. The highest BCUT2D eigenvalue weighted by Gasteiger charge is 2.43. The molecule has 0 bridgehead atoms. The van der Waals surface area contributed by atoms with E-state index < -0.39 is 23.8 Å². The number of hydrogen-bond acceptors (Lipinski definition) is 5. The minimum absolute atomic E-state index is 0.0136. The highest BCUT2D eigenvalue weighted by atomic mass is 35.5. The van der Waals surface area contributed by atoms with Gasteiger partial charge in [-0.05, 0) is 20.3 Å². The molecule has 1 amide bonds. The molecule has 5 rings (SSSR count). The number of aromatic amines is 1. The first kappa shape index (κ1) is 19.7. The number of H-pyrrole nitrogens is 1. The van der Waals surface area contributed by atoms with Gasteiger partial charge in [0.15, 0.2) is 17.3 Å². The molecule has 1 aliphatic carbocycles. The first-order valence-corrected chi connectivity index (χ1v) is 10.1. The van der Waals surface area contributed by atoms with Gasteiger partial charge in [0.1, 0.15) is 6.17 Å². The molecule has 0 aliphatic heterocycles. The van der Waals surface area contributed by atoms with Crippen LogP contribution in [-0.4, -0.2) is 42.7 Å². The quantitative estimate of drug-likeness (QED) is 0.428. The Morgan fingerprint density at radius 3 is 2.84 bits per heavy atom. The van der Waals surface area contributed by atoms with E-state index in [1.807, 2.05) is 13.8 Å². The molecule has 3 N–H and O–H groups in total. The van der Waals surface area contributed by atoms with Gasteiger partial charge in [0, 0.05) is 23.2 Å². The maximum Gasteiger partial charge on any atom is 0.231 e. The van der Waals surface area contributed by atoms with Crippen molar-refractivity contribution in [1.82, 2.24) is 24.6 Å². The zero-order chi connectivity index (χ0) is 21.9. The van der Waals surface area contributed by atoms with Crippen LogP contribution >= 0.6 is 11.6 Å². The molecule has 1 aliphatic rings. The first-order chi connectivity index (χ1) is 14.8. The van der Waals surface area contributed by atoms with Gasteiger partial charge in [-0.3, -0.25) is 14.9 Å². The molecule has 3 aromatic heterocycles. The maximum atomic E-state index is 15.1. The van der Waals surface area contributed by atoms with Crippen LogP contribution in [-0.2, 0) is 4.79 Å². The number of imidazole rings is 1. The molecule has 0 radical (unpaired) electrons. The number of nitrogens with zero attached hydrogens (tertiary/aromatic N) is 4. The summed E-state index contributed by atoms with van der Waals surface area (Å²) in [6.45, 7) is 3.79. The Kier molecular flexibility index (Phi) is 4.54. The molecule has 160 valence electrons. The lowest BCUT2D eigenvalue weighted by Crippen LogP contribution is -2.15. The van der Waals surface area contributed by atoms with Crippen LogP contribution in [0.1, 0.15) is 20.3 Å². The van der Waals surface area contributed by atoms with Crippen LogP contribution in [0.3, 0.4) is 0 Å². The van der Waals surface area contributed by atoms with Gasteiger partial charge >= 0.3 is 0 Å². The van der Waals surface area contributed by atoms with Gasteiger partial charge in [-0.1, -0.05) is 11.6 Å². The van der Waals surface area contributed by atoms with E-state index in [-0.39, 0.29) is 29.0 Å². The normalized spacial score (nSPS) is 18.1. The molecule has 1 fully saturated rings. The van der Waals surface area contributed by atoms with Gasteiger partial charge in [-0.15, -0.1) is 0 Å². The summed E-state index contributed by atoms with van der Waals surface area (Å²) in [5, 5.41) is 13.1. The highest BCUT2D eigenvalue weighted by molar-refractivity contribution is 6.35. The van der Waals surface area contributed by atoms with Gasteiger partial charge in [0.05, 0.1) is 46.4 Å². The number of fused-ring (bicyclic) bond motifs is 2. The monoisotopic (exact) mass is 445 g/mol. The van der Waals surface area contributed by atoms with E-state index in [0.717, 1.165) is 0 Å². The summed E-state index contributed by atoms with van der Waals surface area (Å²) in [5.41, 5.74) is 1.98. The standard InChI is InChI=1S/C20H18ClF2N7O/c1-8(2)26-19-17(23)16(21)15(10-4-25-29-18(10)19)12-6-30-7-13(27-14(30)5-24-12)28-20(31)9-3-11(9)22/h4-9,11,26H,3H2,1-2H3,(H,25,29)(H,28,31)/t9-,11+/m1/s1. The lowest BCUT2D eigenvalue weighted by Gasteiger charge is -2.15. The molecule has 0 saturated heterocycles. The second-order valence-corrected chi connectivity index (χ2v) is 8.23. The lowest BCUT2D eigenvalue weighted by atomic mass is 10.1. The third-order valence-electron chi connectivity index (χ3n) is 5.12. The van der Waals surface area contributed by atoms with Crippen LogP contribution in [0.15, 0.2) is 24.8 Å². The van der Waals surface area contributed by atoms with Crippen LogP contribution in [0.4, 0.5) is 20.3 Å². The van der Waals surface area contributed by atoms with Crippen LogP contribution in [0, 0.1) is 11.7 Å². The molecule has 8 nitrogen and oxygen atoms in total. The van der Waals surface area contributed by atoms with E-state index >= 15 is 4.39 Å². The zero-order valence-corrected chi connectivity index (χ0v) is 17.3. The average Bonchev–Trinajstić information content (AvgIpc) is 3.11. The Labute approximate surface area is 180 Å². The molecular formula is C20H18ClF2N7O. The van der Waals surface area contributed by atoms with Gasteiger partial charge in [0.2, 0.25) is 5.91 Å². The van der Waals surface area contributed by atoms with Crippen molar-refractivity contribution in [1.29, 1.82) is 0 Å². The predicted octanol–water partition coefficient (Wildman–Crippen LogP) is 4.18. The van der Waals surface area contributed by atoms with Crippen molar-refractivity contribution in [3.63, 3.8) is 0 Å². The van der Waals surface area contributed by atoms with E-state index in [9.17, 15) is 9.18 Å². The average molecular weight is 446 g/mol. The van der Waals surface area contributed by atoms with Crippen molar-refractivity contribution in [2.45, 2.75) is 32.5 Å². The third kappa shape index (κ3) is 3.36. The fraction of sp³-hybridized carbons (Fsp3) is 0.300. The SMILES string of the molecule is CC(C)Nc1c(F)c(Cl)c(-c2cn3cc(NC(=O)[C@@H]4C[C@@H]4F)nc3cn2)c2cn[nH]c12. The highest BCUT2D eigenvalue weighted by Crippen LogP contribution is 2.41. The Hall–Kier alpha value is -3.27. The second-order valence-electron chi connectivity index (χ2n) is 7.85. The Morgan fingerprint density at radius 2 is 2.13 bits per heavy atom. The number of alkyl halides is 1. The summed E-state index contributed by atoms with van der Waals surface area (Å²) in [6, 6.07) is -0.0136. The summed E-state index contributed by atoms with van der Waals surface area (Å²) in [4.78, 5) is 20.6. The summed E-state index contributed by atoms with van der Waals surface area (Å²) < 4.78 is 29.9. The summed E-state index contributed by atoms with van der Waals surface area (Å²) in [6.07, 6.45) is 5.41. The van der Waals surface area contributed by atoms with E-state index in [2.05, 4.69) is 30.8 Å². The molecule has 11 heteroatoms. The number of carbonyl (C=O) groups is 1. The summed E-state index contributed by atoms with van der Waals surface area (Å²) >= 11 is 6.42. The summed E-state index contributed by atoms with van der Waals surface area (Å²) in [5.74, 6) is -1.34. The number of anilines is 2. The topological polar surface area (TPSA) is 100 Å². The van der Waals surface area contributed by atoms with E-state index in [1.165, 1.54) is 6.20 Å². The van der Waals surface area contributed by atoms with Crippen LogP contribution in [0.25, 0.3) is 27.8 Å². The molecule has 2 atom stereocenters. The number of benzene rings is 1. The van der Waals surface area contributed by atoms with Crippen molar-refractivity contribution in [2.75, 3.05) is 10.6 Å². The molecular weight excluding hydrogens is 428 g/mol. The molecule has 0 unspecified atom stereocenters. The summed E-state index contributed by atoms with van der Waals surface area (Å²) in [7, 11) is 0. The van der Waals surface area contributed by atoms with Gasteiger partial charge < -0.3 is 15.0 Å². The van der Waals surface area contributed by atoms with Crippen molar-refractivity contribution in [3.8, 4) is 11.3 Å². The van der Waals surface area contributed by atoms with Crippen molar-refractivity contribution in [2.24, 2.45) is 5.92 Å². The predicted molar refractivity (Wildman–Crippen MR) is 113 cm³/mol. The molecule has 0 spiro atoms. The van der Waals surface area contributed by atoms with E-state index in [0.29, 0.717) is 27.8 Å². The van der Waals surface area contributed by atoms with E-state index in [1.54, 1.807) is 23.0 Å². The number of rotatable bonds is 5. The number of halogens is 3. The Balaban J connectivity index is 1.57. The maximum absolute atomic E-state index is 15.1. The van der Waals surface area contributed by atoms with Gasteiger partial charge in [0.25, 0.3) is 0 Å². The minimum atomic E-state index is -1.09. The second kappa shape index (κ2) is 7.16. The first-order valence-electron chi connectivity index (χ1n) is 9.74. The molecule has 1 aromatic carbocycles. The van der Waals surface area contributed by atoms with Gasteiger partial charge in [-0.2, -0.15) is 5.10 Å². The number of amides is 1. The third-order valence-corrected chi connectivity index (χ3v) is 5.48. The smallest absolute Gasteiger partial charge is 0.231 e. The van der Waals surface area contributed by atoms with Crippen LogP contribution in [0.2, 0.25) is 5.02 Å². The molecule has 31 heavy (non-hydrogen) atoms. The van der Waals surface area contributed by atoms with Crippen molar-refractivity contribution >= 4 is 45.6 Å². The number of nitrogens with one attached hydrogen (secondary N) is 3. The molecule has 1 saturated carbocycles. The zero-order valence-electron chi connectivity index (χ0n) is 16.6. The van der Waals surface area contributed by atoms with Crippen LogP contribution < -0.4 is 10.6 Å². The molecule has 3 heterocycles. The van der Waals surface area contributed by atoms with Gasteiger partial charge in [-0.25, -0.2) is 13.8 Å².